The highest BCUT2D eigenvalue weighted by atomic mass is 32.2. The van der Waals surface area contributed by atoms with Crippen molar-refractivity contribution >= 4 is 112 Å². The predicted molar refractivity (Wildman–Crippen MR) is 307 cm³/mol. The van der Waals surface area contributed by atoms with Crippen LogP contribution in [-0.4, -0.2) is 198 Å². The molecule has 1 rings (SSSR count). The highest BCUT2D eigenvalue weighted by Crippen LogP contribution is 2.22. The third-order valence-electron chi connectivity index (χ3n) is 14.2. The third kappa shape index (κ3) is 32.2. The number of thioether (sulfide) groups is 1. The number of nitrogens with one attached hydrogen (secondary N) is 5. The summed E-state index contributed by atoms with van der Waals surface area (Å²) < 4.78 is 5.56. The summed E-state index contributed by atoms with van der Waals surface area (Å²) in [5.74, 6) is -18.7. The van der Waals surface area contributed by atoms with Crippen LogP contribution in [-0.2, 0) is 86.2 Å². The zero-order chi connectivity index (χ0) is 66.1. The van der Waals surface area contributed by atoms with Gasteiger partial charge in [0.25, 0.3) is 0 Å². The maximum absolute atomic E-state index is 13.9. The number of ketones is 6. The Morgan fingerprint density at radius 2 is 0.966 bits per heavy atom. The van der Waals surface area contributed by atoms with Crippen LogP contribution in [0.2, 0.25) is 0 Å². The van der Waals surface area contributed by atoms with E-state index in [2.05, 4.69) is 26.6 Å². The molecule has 0 bridgehead atoms. The minimum absolute atomic E-state index is 0.0552. The van der Waals surface area contributed by atoms with Gasteiger partial charge in [0.15, 0.2) is 28.9 Å². The van der Waals surface area contributed by atoms with Gasteiger partial charge in [0.2, 0.25) is 35.4 Å². The first kappa shape index (κ1) is 77.5. The van der Waals surface area contributed by atoms with Crippen LogP contribution in [0.15, 0.2) is 0 Å². The summed E-state index contributed by atoms with van der Waals surface area (Å²) in [6.45, 7) is 7.09. The molecule has 1 aliphatic rings. The van der Waals surface area contributed by atoms with Crippen molar-refractivity contribution in [2.75, 3.05) is 31.8 Å². The number of hydrogen-bond donors (Lipinski definition) is 10. The van der Waals surface area contributed by atoms with E-state index in [4.69, 9.17) is 9.84 Å². The second-order valence-electron chi connectivity index (χ2n) is 22.1. The molecule has 0 spiro atoms. The first-order chi connectivity index (χ1) is 40.8. The summed E-state index contributed by atoms with van der Waals surface area (Å²) in [5.41, 5.74) is 0. The monoisotopic (exact) mass is 1250 g/mol. The number of carboxylic acid groups (broad SMARTS) is 5. The maximum Gasteiger partial charge on any atom is 0.303 e. The number of nitrogens with zero attached hydrogens (tertiary/aromatic N) is 1. The van der Waals surface area contributed by atoms with E-state index in [1.165, 1.54) is 23.6 Å². The third-order valence-corrected chi connectivity index (χ3v) is 14.9. The van der Waals surface area contributed by atoms with Crippen LogP contribution >= 0.6 is 11.8 Å². The SMILES string of the molecule is CSC[C@H](NC(=O)CCC(=O)[C@H](CC(C)C)NC(=O)[C@@H]1CCCN1C(=O)COCCCC(=O)[C@@H](CCC(=O)O)NC(=O)[C@@H](CCC(=O)O)CC(=O)[C@@H](CCC(=O)O)NC(=O)[C@@H](CCC(=O)O)CC(=O)[C@@H](CCC(=O)O)NC(C)=O)C(=O)C[C@@H](C)C(C)=O. The van der Waals surface area contributed by atoms with Crippen LogP contribution in [0.25, 0.3) is 0 Å². The van der Waals surface area contributed by atoms with Gasteiger partial charge in [0.1, 0.15) is 18.4 Å². The number of Topliss-reactive ketones (excluding diaryl/α,β-unsaturated/α-hetero) is 6. The first-order valence-electron chi connectivity index (χ1n) is 28.8. The Hall–Kier alpha value is -7.50. The van der Waals surface area contributed by atoms with E-state index in [1.807, 2.05) is 13.8 Å². The molecule has 1 aliphatic heterocycles. The fourth-order valence-electron chi connectivity index (χ4n) is 9.35. The van der Waals surface area contributed by atoms with E-state index in [0.717, 1.165) is 6.92 Å². The number of carboxylic acids is 5. The smallest absolute Gasteiger partial charge is 0.303 e. The Labute approximate surface area is 508 Å². The molecule has 6 amide bonds. The minimum atomic E-state index is -1.74. The number of amides is 6. The molecule has 87 heavy (non-hydrogen) atoms. The Morgan fingerprint density at radius 3 is 1.41 bits per heavy atom. The number of carbonyl (C=O) groups is 17. The second kappa shape index (κ2) is 40.8. The van der Waals surface area contributed by atoms with Crippen molar-refractivity contribution < 1.29 is 112 Å². The van der Waals surface area contributed by atoms with Gasteiger partial charge in [-0.15, -0.1) is 0 Å². The molecule has 488 valence electrons. The number of hydrogen-bond acceptors (Lipinski definition) is 19. The average Bonchev–Trinajstić information content (AvgIpc) is 2.90. The Bertz CT molecular complexity index is 2490. The van der Waals surface area contributed by atoms with E-state index < -0.39 is 226 Å². The number of aliphatic carboxylic acids is 5. The van der Waals surface area contributed by atoms with Gasteiger partial charge in [-0.25, -0.2) is 0 Å². The largest absolute Gasteiger partial charge is 0.481 e. The molecular weight excluding hydrogens is 1170 g/mol. The van der Waals surface area contributed by atoms with Gasteiger partial charge in [0.05, 0.1) is 30.2 Å². The van der Waals surface area contributed by atoms with Gasteiger partial charge in [-0.05, 0) is 76.9 Å². The topological polar surface area (TPSA) is 464 Å². The highest BCUT2D eigenvalue weighted by Gasteiger charge is 2.38. The van der Waals surface area contributed by atoms with Gasteiger partial charge in [0, 0.05) is 114 Å². The number of ether oxygens (including phenoxy) is 1. The van der Waals surface area contributed by atoms with Gasteiger partial charge >= 0.3 is 29.8 Å². The summed E-state index contributed by atoms with van der Waals surface area (Å²) in [7, 11) is 0. The number of carbonyl (C=O) groups excluding carboxylic acids is 12. The van der Waals surface area contributed by atoms with Gasteiger partial charge in [-0.3, -0.25) is 81.5 Å². The van der Waals surface area contributed by atoms with Gasteiger partial charge < -0.3 is 61.8 Å². The lowest BCUT2D eigenvalue weighted by atomic mass is 9.89. The lowest BCUT2D eigenvalue weighted by Gasteiger charge is -2.27. The van der Waals surface area contributed by atoms with E-state index in [-0.39, 0.29) is 81.3 Å². The molecule has 0 aromatic carbocycles. The Morgan fingerprint density at radius 1 is 0.517 bits per heavy atom. The van der Waals surface area contributed by atoms with E-state index in [0.29, 0.717) is 6.42 Å². The molecule has 0 aliphatic carbocycles. The molecule has 30 heteroatoms. The molecule has 0 saturated carbocycles. The van der Waals surface area contributed by atoms with E-state index in [9.17, 15) is 102 Å². The fraction of sp³-hybridized carbons (Fsp3) is 0.702. The predicted octanol–water partition coefficient (Wildman–Crippen LogP) is 1.20. The fourth-order valence-corrected chi connectivity index (χ4v) is 9.95. The molecule has 9 atom stereocenters. The van der Waals surface area contributed by atoms with Crippen molar-refractivity contribution in [2.45, 2.75) is 199 Å². The highest BCUT2D eigenvalue weighted by molar-refractivity contribution is 7.98. The standard InChI is InChI=1S/C57H86N6O23S/c1-31(2)25-40(44(67)16-17-48(71)59-41(30-87-6)45(68)26-32(3)33(4)64)62-57(85)42-9-7-23-63(42)49(72)29-86-24-8-10-43(66)37(13-20-52(77)78)60-55(83)36(12-19-51(75)76)28-47(70)39(15-22-54(81)82)61-56(84)35(11-18-50(73)74)27-46(69)38(58-34(5)65)14-21-53(79)80/h31-32,35-42H,7-30H2,1-6H3,(H,58,65)(H,59,71)(H,60,83)(H,61,84)(H,62,85)(H,73,74)(H,75,76)(H,77,78)(H,79,80)(H,81,82)/t32-,35+,36+,37-,38-,39-,40+,41+,42+/m1/s1. The summed E-state index contributed by atoms with van der Waals surface area (Å²) in [6.07, 6.45) is -6.01. The normalized spacial score (nSPS) is 15.6. The molecule has 0 radical (unpaired) electrons. The van der Waals surface area contributed by atoms with Crippen molar-refractivity contribution in [2.24, 2.45) is 23.7 Å². The molecule has 0 aromatic rings. The zero-order valence-electron chi connectivity index (χ0n) is 50.2. The van der Waals surface area contributed by atoms with Crippen LogP contribution in [0.5, 0.6) is 0 Å². The zero-order valence-corrected chi connectivity index (χ0v) is 51.0. The molecular formula is C57H86N6O23S. The molecule has 29 nitrogen and oxygen atoms in total. The van der Waals surface area contributed by atoms with Crippen molar-refractivity contribution in [3.63, 3.8) is 0 Å². The van der Waals surface area contributed by atoms with Crippen molar-refractivity contribution in [1.29, 1.82) is 0 Å². The molecule has 10 N–H and O–H groups in total. The molecule has 1 heterocycles. The summed E-state index contributed by atoms with van der Waals surface area (Å²) in [6, 6.07) is -7.54. The summed E-state index contributed by atoms with van der Waals surface area (Å²) in [5, 5.41) is 59.3. The van der Waals surface area contributed by atoms with Crippen molar-refractivity contribution in [3.8, 4) is 0 Å². The lowest BCUT2D eigenvalue weighted by Crippen LogP contribution is -2.52. The first-order valence-corrected chi connectivity index (χ1v) is 30.2. The summed E-state index contributed by atoms with van der Waals surface area (Å²) >= 11 is 1.32. The maximum atomic E-state index is 13.9. The van der Waals surface area contributed by atoms with Crippen LogP contribution in [0.1, 0.15) is 163 Å². The van der Waals surface area contributed by atoms with Crippen LogP contribution < -0.4 is 26.6 Å². The van der Waals surface area contributed by atoms with Gasteiger partial charge in [-0.1, -0.05) is 20.8 Å². The quantitative estimate of drug-likeness (QED) is 0.0383. The van der Waals surface area contributed by atoms with Crippen molar-refractivity contribution in [1.82, 2.24) is 31.5 Å². The van der Waals surface area contributed by atoms with Crippen LogP contribution in [0.3, 0.4) is 0 Å². The average molecular weight is 1260 g/mol. The Balaban J connectivity index is 3.15. The number of likely N-dealkylation sites (tertiary alicyclic amines) is 1. The van der Waals surface area contributed by atoms with E-state index in [1.54, 1.807) is 13.2 Å². The molecule has 0 unspecified atom stereocenters. The minimum Gasteiger partial charge on any atom is -0.481 e. The van der Waals surface area contributed by atoms with E-state index >= 15 is 0 Å². The molecule has 1 fully saturated rings. The van der Waals surface area contributed by atoms with Gasteiger partial charge in [-0.2, -0.15) is 11.8 Å². The van der Waals surface area contributed by atoms with Crippen LogP contribution in [0.4, 0.5) is 0 Å². The van der Waals surface area contributed by atoms with Crippen LogP contribution in [0, 0.1) is 23.7 Å². The molecule has 1 saturated heterocycles. The lowest BCUT2D eigenvalue weighted by molar-refractivity contribution is -0.142. The second-order valence-corrected chi connectivity index (χ2v) is 23.0. The molecule has 0 aromatic heterocycles. The summed E-state index contributed by atoms with van der Waals surface area (Å²) in [4.78, 5) is 217. The Kier molecular flexibility index (Phi) is 36.4. The van der Waals surface area contributed by atoms with Crippen molar-refractivity contribution in [3.05, 3.63) is 0 Å². The number of rotatable bonds is 48.